The van der Waals surface area contributed by atoms with E-state index in [9.17, 15) is 28.8 Å². The molecule has 0 fully saturated rings. The molecule has 0 atom stereocenters. The van der Waals surface area contributed by atoms with E-state index in [1.807, 2.05) is 37.3 Å². The van der Waals surface area contributed by atoms with Crippen LogP contribution < -0.4 is 9.47 Å². The van der Waals surface area contributed by atoms with Crippen LogP contribution in [0, 0.1) is 6.92 Å². The Labute approximate surface area is 392 Å². The summed E-state index contributed by atoms with van der Waals surface area (Å²) in [6, 6.07) is 42.8. The summed E-state index contributed by atoms with van der Waals surface area (Å²) in [6.45, 7) is 1.98. The highest BCUT2D eigenvalue weighted by Gasteiger charge is 2.16. The Bertz CT molecular complexity index is 3230. The van der Waals surface area contributed by atoms with Crippen LogP contribution in [0.5, 0.6) is 11.5 Å². The van der Waals surface area contributed by atoms with E-state index in [1.165, 1.54) is 7.11 Å². The summed E-state index contributed by atoms with van der Waals surface area (Å²) in [5, 5.41) is 2.66. The van der Waals surface area contributed by atoms with E-state index in [1.54, 1.807) is 141 Å². The summed E-state index contributed by atoms with van der Waals surface area (Å²) in [4.78, 5) is 73.3. The molecule has 342 valence electrons. The molecular formula is C57H48O11. The van der Waals surface area contributed by atoms with Crippen LogP contribution in [-0.2, 0) is 0 Å². The zero-order valence-corrected chi connectivity index (χ0v) is 37.8. The third-order valence-electron chi connectivity index (χ3n) is 11.2. The number of Topliss-reactive ketones (excluding diaryl/α,β-unsaturated/α-hetero) is 6. The summed E-state index contributed by atoms with van der Waals surface area (Å²) in [5.41, 5.74) is 6.88. The SMILES string of the molecule is COc1cccc(C(=O)CCC(=O)c2ccc3occc3c2)c1.COc1ccccc1C(=O)CCC(=O)c1ccc2occc2c1.Cc1ccc(C(=O)CCC(=O)c2ccc3occc3c2)cc1. The van der Waals surface area contributed by atoms with E-state index in [2.05, 4.69) is 0 Å². The number of methoxy groups -OCH3 is 2. The van der Waals surface area contributed by atoms with E-state index >= 15 is 0 Å². The highest BCUT2D eigenvalue weighted by Crippen LogP contribution is 2.24. The molecule has 0 unspecified atom stereocenters. The third-order valence-corrected chi connectivity index (χ3v) is 11.2. The maximum absolute atomic E-state index is 12.3. The lowest BCUT2D eigenvalue weighted by Gasteiger charge is -2.07. The van der Waals surface area contributed by atoms with E-state index in [0.29, 0.717) is 44.9 Å². The minimum absolute atomic E-state index is 0.00209. The second-order valence-electron chi connectivity index (χ2n) is 15.9. The van der Waals surface area contributed by atoms with E-state index in [-0.39, 0.29) is 73.2 Å². The molecule has 11 nitrogen and oxygen atoms in total. The van der Waals surface area contributed by atoms with E-state index in [0.717, 1.165) is 38.5 Å². The molecule has 0 spiro atoms. The standard InChI is InChI=1S/2C19H16O4.C19H16O3/c1-22-16-4-2-3-13(12-16)17(20)6-7-18(21)14-5-8-19-15(11-14)9-10-23-19;1-22-19-5-3-2-4-15(19)17(21)8-7-16(20)13-6-9-18-14(12-13)10-11-23-18;1-13-2-4-14(5-3-13)17(20)7-8-18(21)15-6-9-19-16(12-15)10-11-22-19/h2-5,8-12H,6-7H2,1H3;2-6,9-12H,7-8H2,1H3;2-6,9-12H,7-8H2,1H3. The minimum atomic E-state index is -0.0970. The highest BCUT2D eigenvalue weighted by atomic mass is 16.5. The average molecular weight is 909 g/mol. The monoisotopic (exact) mass is 908 g/mol. The Morgan fingerprint density at radius 1 is 0.382 bits per heavy atom. The van der Waals surface area contributed by atoms with Crippen LogP contribution in [-0.4, -0.2) is 48.9 Å². The second-order valence-corrected chi connectivity index (χ2v) is 15.9. The van der Waals surface area contributed by atoms with Crippen molar-refractivity contribution in [3.63, 3.8) is 0 Å². The quantitative estimate of drug-likeness (QED) is 0.0800. The number of hydrogen-bond acceptors (Lipinski definition) is 11. The van der Waals surface area contributed by atoms with E-state index < -0.39 is 0 Å². The molecule has 0 saturated carbocycles. The fraction of sp³-hybridized carbons (Fsp3) is 0.158. The molecule has 0 aliphatic rings. The summed E-state index contributed by atoms with van der Waals surface area (Å²) >= 11 is 0. The van der Waals surface area contributed by atoms with Gasteiger partial charge in [-0.15, -0.1) is 0 Å². The maximum atomic E-state index is 12.3. The van der Waals surface area contributed by atoms with Gasteiger partial charge < -0.3 is 22.7 Å². The first kappa shape index (κ1) is 47.5. The van der Waals surface area contributed by atoms with Gasteiger partial charge in [-0.05, 0) is 104 Å². The van der Waals surface area contributed by atoms with Gasteiger partial charge in [0.1, 0.15) is 28.2 Å². The lowest BCUT2D eigenvalue weighted by Crippen LogP contribution is -2.06. The number of para-hydroxylation sites is 1. The van der Waals surface area contributed by atoms with E-state index in [4.69, 9.17) is 22.7 Å². The Kier molecular flexibility index (Phi) is 15.8. The van der Waals surface area contributed by atoms with Crippen LogP contribution in [0.2, 0.25) is 0 Å². The zero-order chi connectivity index (χ0) is 48.0. The first-order valence-corrected chi connectivity index (χ1v) is 21.9. The van der Waals surface area contributed by atoms with Gasteiger partial charge >= 0.3 is 0 Å². The smallest absolute Gasteiger partial charge is 0.167 e. The summed E-state index contributed by atoms with van der Waals surface area (Å²) in [5.74, 6) is 0.862. The number of furan rings is 3. The number of ketones is 6. The molecule has 9 aromatic rings. The molecule has 9 rings (SSSR count). The molecule has 6 aromatic carbocycles. The van der Waals surface area contributed by atoms with Crippen molar-refractivity contribution in [3.8, 4) is 11.5 Å². The first-order valence-electron chi connectivity index (χ1n) is 21.9. The van der Waals surface area contributed by atoms with Gasteiger partial charge in [0.15, 0.2) is 34.7 Å². The third kappa shape index (κ3) is 12.3. The number of fused-ring (bicyclic) bond motifs is 3. The Morgan fingerprint density at radius 3 is 1.22 bits per heavy atom. The Morgan fingerprint density at radius 2 is 0.779 bits per heavy atom. The molecule has 3 heterocycles. The van der Waals surface area contributed by atoms with Crippen molar-refractivity contribution in [2.75, 3.05) is 14.2 Å². The molecule has 0 bridgehead atoms. The van der Waals surface area contributed by atoms with Gasteiger partial charge in [0.2, 0.25) is 0 Å². The van der Waals surface area contributed by atoms with Crippen LogP contribution in [0.4, 0.5) is 0 Å². The van der Waals surface area contributed by atoms with Crippen LogP contribution in [0.25, 0.3) is 32.9 Å². The Hall–Kier alpha value is -8.44. The highest BCUT2D eigenvalue weighted by molar-refractivity contribution is 6.06. The predicted molar refractivity (Wildman–Crippen MR) is 259 cm³/mol. The molecule has 0 saturated heterocycles. The molecule has 0 N–H and O–H groups in total. The zero-order valence-electron chi connectivity index (χ0n) is 37.8. The van der Waals surface area contributed by atoms with Gasteiger partial charge in [0, 0.05) is 82.5 Å². The molecule has 0 aliphatic heterocycles. The lowest BCUT2D eigenvalue weighted by atomic mass is 10.0. The van der Waals surface area contributed by atoms with Crippen LogP contribution in [0.1, 0.15) is 106 Å². The van der Waals surface area contributed by atoms with Gasteiger partial charge in [-0.2, -0.15) is 0 Å². The predicted octanol–water partition coefficient (Wildman–Crippen LogP) is 13.2. The normalized spacial score (nSPS) is 10.7. The number of ether oxygens (including phenoxy) is 2. The molecule has 3 aromatic heterocycles. The summed E-state index contributed by atoms with van der Waals surface area (Å²) < 4.78 is 26.0. The fourth-order valence-electron chi connectivity index (χ4n) is 7.37. The van der Waals surface area contributed by atoms with Gasteiger partial charge in [0.25, 0.3) is 0 Å². The molecule has 0 aliphatic carbocycles. The average Bonchev–Trinajstić information content (AvgIpc) is 4.18. The number of hydrogen-bond donors (Lipinski definition) is 0. The van der Waals surface area contributed by atoms with Crippen molar-refractivity contribution in [3.05, 3.63) is 203 Å². The topological polar surface area (TPSA) is 160 Å². The van der Waals surface area contributed by atoms with Crippen molar-refractivity contribution in [2.45, 2.75) is 45.4 Å². The van der Waals surface area contributed by atoms with Crippen LogP contribution in [0.3, 0.4) is 0 Å². The number of aryl methyl sites for hydroxylation is 1. The van der Waals surface area contributed by atoms with Crippen LogP contribution >= 0.6 is 0 Å². The van der Waals surface area contributed by atoms with Gasteiger partial charge in [0.05, 0.1) is 38.6 Å². The van der Waals surface area contributed by atoms with Gasteiger partial charge in [-0.25, -0.2) is 0 Å². The molecule has 0 amide bonds. The minimum Gasteiger partial charge on any atom is -0.497 e. The fourth-order valence-corrected chi connectivity index (χ4v) is 7.37. The largest absolute Gasteiger partial charge is 0.497 e. The molecule has 0 radical (unpaired) electrons. The molecule has 68 heavy (non-hydrogen) atoms. The number of carbonyl (C=O) groups excluding carboxylic acids is 6. The number of carbonyl (C=O) groups is 6. The maximum Gasteiger partial charge on any atom is 0.167 e. The van der Waals surface area contributed by atoms with Gasteiger partial charge in [-0.3, -0.25) is 28.8 Å². The summed E-state index contributed by atoms with van der Waals surface area (Å²) in [6.07, 6.45) is 5.90. The first-order chi connectivity index (χ1) is 33.0. The van der Waals surface area contributed by atoms with Gasteiger partial charge in [-0.1, -0.05) is 54.1 Å². The van der Waals surface area contributed by atoms with Crippen molar-refractivity contribution in [1.29, 1.82) is 0 Å². The van der Waals surface area contributed by atoms with Crippen molar-refractivity contribution in [2.24, 2.45) is 0 Å². The van der Waals surface area contributed by atoms with Crippen molar-refractivity contribution in [1.82, 2.24) is 0 Å². The van der Waals surface area contributed by atoms with Crippen molar-refractivity contribution >= 4 is 67.6 Å². The second kappa shape index (κ2) is 22.6. The summed E-state index contributed by atoms with van der Waals surface area (Å²) in [7, 11) is 3.08. The van der Waals surface area contributed by atoms with Crippen molar-refractivity contribution < 1.29 is 51.5 Å². The molecular weight excluding hydrogens is 861 g/mol. The van der Waals surface area contributed by atoms with Crippen LogP contribution in [0.15, 0.2) is 178 Å². The molecule has 11 heteroatoms. The Balaban J connectivity index is 0.000000151. The number of rotatable bonds is 17. The number of benzene rings is 6. The lowest BCUT2D eigenvalue weighted by molar-refractivity contribution is 0.0916.